The molecule has 0 atom stereocenters. The van der Waals surface area contributed by atoms with E-state index in [0.29, 0.717) is 5.57 Å². The van der Waals surface area contributed by atoms with Crippen LogP contribution in [0.15, 0.2) is 24.8 Å². The summed E-state index contributed by atoms with van der Waals surface area (Å²) in [6, 6.07) is 6.11. The predicted octanol–water partition coefficient (Wildman–Crippen LogP) is 3.30. The highest BCUT2D eigenvalue weighted by molar-refractivity contribution is 5.84. The van der Waals surface area contributed by atoms with E-state index in [1.807, 2.05) is 18.2 Å². The van der Waals surface area contributed by atoms with E-state index in [9.17, 15) is 4.79 Å². The number of hydrogen-bond acceptors (Lipinski definition) is 1. The van der Waals surface area contributed by atoms with Gasteiger partial charge in [-0.2, -0.15) is 0 Å². The Hall–Kier alpha value is -1.57. The van der Waals surface area contributed by atoms with Gasteiger partial charge >= 0.3 is 5.97 Å². The molecule has 1 aromatic rings. The third-order valence-electron chi connectivity index (χ3n) is 2.72. The minimum atomic E-state index is -0.821. The zero-order chi connectivity index (χ0) is 12.1. The number of hydrogen-bond donors (Lipinski definition) is 1. The van der Waals surface area contributed by atoms with Crippen LogP contribution in [0.5, 0.6) is 0 Å². The highest BCUT2D eigenvalue weighted by atomic mass is 16.4. The minimum absolute atomic E-state index is 0.0179. The summed E-state index contributed by atoms with van der Waals surface area (Å²) in [4.78, 5) is 10.7. The number of carboxylic acids is 1. The third kappa shape index (κ3) is 2.72. The lowest BCUT2D eigenvalue weighted by molar-refractivity contribution is -0.135. The van der Waals surface area contributed by atoms with Crippen molar-refractivity contribution in [3.63, 3.8) is 0 Å². The predicted molar refractivity (Wildman–Crippen MR) is 66.5 cm³/mol. The number of carboxylic acid groups (broad SMARTS) is 1. The molecule has 1 aromatic carbocycles. The van der Waals surface area contributed by atoms with Crippen molar-refractivity contribution in [1.29, 1.82) is 0 Å². The number of carbonyl (C=O) groups is 1. The van der Waals surface area contributed by atoms with Crippen LogP contribution in [0.1, 0.15) is 37.0 Å². The Kier molecular flexibility index (Phi) is 4.29. The molecule has 0 spiro atoms. The van der Waals surface area contributed by atoms with Crippen molar-refractivity contribution in [2.45, 2.75) is 33.1 Å². The van der Waals surface area contributed by atoms with Gasteiger partial charge in [-0.1, -0.05) is 38.6 Å². The van der Waals surface area contributed by atoms with Gasteiger partial charge in [-0.05, 0) is 35.1 Å². The Morgan fingerprint density at radius 2 is 1.75 bits per heavy atom. The molecule has 16 heavy (non-hydrogen) atoms. The van der Waals surface area contributed by atoms with E-state index in [2.05, 4.69) is 20.4 Å². The molecule has 2 heteroatoms. The average molecular weight is 218 g/mol. The first-order valence-electron chi connectivity index (χ1n) is 5.60. The van der Waals surface area contributed by atoms with Crippen molar-refractivity contribution in [3.05, 3.63) is 41.5 Å². The number of benzene rings is 1. The summed E-state index contributed by atoms with van der Waals surface area (Å²) in [5.74, 6) is -0.821. The Labute approximate surface area is 96.6 Å². The van der Waals surface area contributed by atoms with Crippen LogP contribution in [-0.4, -0.2) is 11.1 Å². The summed E-state index contributed by atoms with van der Waals surface area (Å²) >= 11 is 0. The Morgan fingerprint density at radius 3 is 2.12 bits per heavy atom. The van der Waals surface area contributed by atoms with Gasteiger partial charge in [0.1, 0.15) is 0 Å². The second kappa shape index (κ2) is 5.50. The largest absolute Gasteiger partial charge is 0.481 e. The van der Waals surface area contributed by atoms with E-state index in [-0.39, 0.29) is 6.42 Å². The second-order valence-electron chi connectivity index (χ2n) is 3.83. The van der Waals surface area contributed by atoms with Crippen LogP contribution in [-0.2, 0) is 17.6 Å². The maximum atomic E-state index is 10.7. The molecule has 0 aliphatic rings. The van der Waals surface area contributed by atoms with E-state index in [1.165, 1.54) is 11.1 Å². The molecule has 0 radical (unpaired) electrons. The summed E-state index contributed by atoms with van der Waals surface area (Å²) in [6.45, 7) is 8.05. The van der Waals surface area contributed by atoms with Crippen molar-refractivity contribution in [2.75, 3.05) is 0 Å². The molecule has 0 saturated carbocycles. The van der Waals surface area contributed by atoms with Gasteiger partial charge in [-0.15, -0.1) is 0 Å². The van der Waals surface area contributed by atoms with E-state index in [4.69, 9.17) is 5.11 Å². The van der Waals surface area contributed by atoms with Crippen LogP contribution in [0.25, 0.3) is 5.57 Å². The van der Waals surface area contributed by atoms with Gasteiger partial charge in [0.25, 0.3) is 0 Å². The molecule has 1 N–H and O–H groups in total. The van der Waals surface area contributed by atoms with E-state index >= 15 is 0 Å². The number of rotatable bonds is 5. The van der Waals surface area contributed by atoms with Crippen molar-refractivity contribution in [2.24, 2.45) is 0 Å². The van der Waals surface area contributed by atoms with Gasteiger partial charge in [0, 0.05) is 0 Å². The topological polar surface area (TPSA) is 37.3 Å². The maximum absolute atomic E-state index is 10.7. The quantitative estimate of drug-likeness (QED) is 0.823. The summed E-state index contributed by atoms with van der Waals surface area (Å²) < 4.78 is 0. The summed E-state index contributed by atoms with van der Waals surface area (Å²) in [5.41, 5.74) is 4.13. The van der Waals surface area contributed by atoms with Gasteiger partial charge < -0.3 is 5.11 Å². The monoisotopic (exact) mass is 218 g/mol. The molecule has 0 bridgehead atoms. The third-order valence-corrected chi connectivity index (χ3v) is 2.72. The first kappa shape index (κ1) is 12.5. The van der Waals surface area contributed by atoms with Gasteiger partial charge in [-0.3, -0.25) is 4.79 Å². The molecule has 0 unspecified atom stereocenters. The number of aryl methyl sites for hydroxylation is 2. The molecule has 0 amide bonds. The highest BCUT2D eigenvalue weighted by Crippen LogP contribution is 2.25. The van der Waals surface area contributed by atoms with Crippen LogP contribution >= 0.6 is 0 Å². The normalized spacial score (nSPS) is 10.1. The minimum Gasteiger partial charge on any atom is -0.481 e. The molecule has 1 rings (SSSR count). The smallest absolute Gasteiger partial charge is 0.307 e. The van der Waals surface area contributed by atoms with Crippen LogP contribution < -0.4 is 0 Å². The molecular formula is C14H18O2. The fraction of sp³-hybridized carbons (Fsp3) is 0.357. The Morgan fingerprint density at radius 1 is 1.25 bits per heavy atom. The molecule has 86 valence electrons. The summed E-state index contributed by atoms with van der Waals surface area (Å²) in [5, 5.41) is 8.81. The van der Waals surface area contributed by atoms with Gasteiger partial charge in [0.15, 0.2) is 0 Å². The molecule has 0 aliphatic heterocycles. The van der Waals surface area contributed by atoms with Crippen LogP contribution in [0, 0.1) is 0 Å². The first-order chi connectivity index (χ1) is 7.60. The van der Waals surface area contributed by atoms with Crippen LogP contribution in [0.2, 0.25) is 0 Å². The average Bonchev–Trinajstić information content (AvgIpc) is 2.26. The molecule has 0 fully saturated rings. The lowest BCUT2D eigenvalue weighted by Crippen LogP contribution is -2.02. The van der Waals surface area contributed by atoms with E-state index < -0.39 is 5.97 Å². The standard InChI is InChI=1S/C14H18O2/c1-4-11-7-6-8-12(5-2)14(11)10(3)9-13(15)16/h6-8H,3-5,9H2,1-2H3,(H,15,16). The van der Waals surface area contributed by atoms with Crippen molar-refractivity contribution >= 4 is 11.5 Å². The molecule has 0 aromatic heterocycles. The molecule has 2 nitrogen and oxygen atoms in total. The summed E-state index contributed by atoms with van der Waals surface area (Å²) in [7, 11) is 0. The van der Waals surface area contributed by atoms with Gasteiger partial charge in [0.2, 0.25) is 0 Å². The van der Waals surface area contributed by atoms with Crippen molar-refractivity contribution < 1.29 is 9.90 Å². The first-order valence-corrected chi connectivity index (χ1v) is 5.60. The maximum Gasteiger partial charge on any atom is 0.307 e. The van der Waals surface area contributed by atoms with Crippen LogP contribution in [0.3, 0.4) is 0 Å². The fourth-order valence-corrected chi connectivity index (χ4v) is 1.97. The Balaban J connectivity index is 3.17. The van der Waals surface area contributed by atoms with E-state index in [0.717, 1.165) is 18.4 Å². The molecule has 0 saturated heterocycles. The van der Waals surface area contributed by atoms with Crippen molar-refractivity contribution in [1.82, 2.24) is 0 Å². The van der Waals surface area contributed by atoms with Gasteiger partial charge in [0.05, 0.1) is 6.42 Å². The lowest BCUT2D eigenvalue weighted by atomic mass is 9.91. The van der Waals surface area contributed by atoms with Crippen molar-refractivity contribution in [3.8, 4) is 0 Å². The van der Waals surface area contributed by atoms with Crippen LogP contribution in [0.4, 0.5) is 0 Å². The molecule has 0 heterocycles. The molecular weight excluding hydrogens is 200 g/mol. The summed E-state index contributed by atoms with van der Waals surface area (Å²) in [6.07, 6.45) is 1.83. The highest BCUT2D eigenvalue weighted by Gasteiger charge is 2.11. The second-order valence-corrected chi connectivity index (χ2v) is 3.83. The molecule has 0 aliphatic carbocycles. The lowest BCUT2D eigenvalue weighted by Gasteiger charge is -2.14. The zero-order valence-corrected chi connectivity index (χ0v) is 9.92. The van der Waals surface area contributed by atoms with E-state index in [1.54, 1.807) is 0 Å². The van der Waals surface area contributed by atoms with Gasteiger partial charge in [-0.25, -0.2) is 0 Å². The zero-order valence-electron chi connectivity index (χ0n) is 9.92. The SMILES string of the molecule is C=C(CC(=O)O)c1c(CC)cccc1CC. The fourth-order valence-electron chi connectivity index (χ4n) is 1.97. The number of aliphatic carboxylic acids is 1. The Bertz CT molecular complexity index is 383.